The monoisotopic (exact) mass is 293 g/mol. The Hall–Kier alpha value is -2.96. The van der Waals surface area contributed by atoms with Gasteiger partial charge in [-0.25, -0.2) is 14.6 Å². The van der Waals surface area contributed by atoms with Crippen LogP contribution in [0.15, 0.2) is 42.9 Å². The van der Waals surface area contributed by atoms with E-state index in [0.29, 0.717) is 5.52 Å². The number of benzene rings is 1. The lowest BCUT2D eigenvalue weighted by Crippen LogP contribution is -2.11. The van der Waals surface area contributed by atoms with E-state index in [4.69, 9.17) is 0 Å². The van der Waals surface area contributed by atoms with Crippen molar-refractivity contribution in [2.75, 3.05) is 11.9 Å². The highest BCUT2D eigenvalue weighted by Gasteiger charge is 2.09. The van der Waals surface area contributed by atoms with Crippen molar-refractivity contribution < 1.29 is 0 Å². The van der Waals surface area contributed by atoms with Crippen LogP contribution in [0.1, 0.15) is 0 Å². The number of fused-ring (bicyclic) bond motifs is 2. The highest BCUT2D eigenvalue weighted by Crippen LogP contribution is 2.16. The fourth-order valence-electron chi connectivity index (χ4n) is 2.61. The van der Waals surface area contributed by atoms with Gasteiger partial charge in [-0.15, -0.1) is 5.10 Å². The minimum Gasteiger partial charge on any atom is -0.366 e. The summed E-state index contributed by atoms with van der Waals surface area (Å²) in [6, 6.07) is 10.5. The van der Waals surface area contributed by atoms with Crippen molar-refractivity contribution in [2.24, 2.45) is 7.05 Å². The highest BCUT2D eigenvalue weighted by molar-refractivity contribution is 5.82. The number of nitrogens with zero attached hydrogens (tertiary/aromatic N) is 6. The number of aryl methyl sites for hydroxylation is 1. The van der Waals surface area contributed by atoms with Gasteiger partial charge >= 0.3 is 0 Å². The molecule has 4 aromatic rings. The molecule has 0 atom stereocenters. The van der Waals surface area contributed by atoms with E-state index < -0.39 is 0 Å². The van der Waals surface area contributed by atoms with E-state index in [9.17, 15) is 0 Å². The fraction of sp³-hybridized carbons (Fsp3) is 0.200. The molecule has 0 aliphatic carbocycles. The van der Waals surface area contributed by atoms with Crippen molar-refractivity contribution >= 4 is 27.9 Å². The van der Waals surface area contributed by atoms with Crippen molar-refractivity contribution in [2.45, 2.75) is 6.54 Å². The first-order valence-electron chi connectivity index (χ1n) is 7.11. The molecule has 110 valence electrons. The predicted octanol–water partition coefficient (Wildman–Crippen LogP) is 1.83. The van der Waals surface area contributed by atoms with Crippen LogP contribution in [-0.2, 0) is 13.6 Å². The van der Waals surface area contributed by atoms with Gasteiger partial charge in [0.25, 0.3) is 0 Å². The number of rotatable bonds is 4. The standard InChI is InChI=1S/C15H15N7/c1-21-15-13(19-20-21)14(17-10-18-15)16-7-9-22-8-6-11-4-2-3-5-12(11)22/h2-6,8,10H,7,9H2,1H3,(H,16,17,18). The summed E-state index contributed by atoms with van der Waals surface area (Å²) < 4.78 is 3.86. The van der Waals surface area contributed by atoms with Gasteiger partial charge in [-0.3, -0.25) is 0 Å². The average Bonchev–Trinajstić information content (AvgIpc) is 3.13. The number of nitrogens with one attached hydrogen (secondary N) is 1. The summed E-state index contributed by atoms with van der Waals surface area (Å²) in [5.74, 6) is 0.717. The number of aromatic nitrogens is 6. The number of hydrogen-bond donors (Lipinski definition) is 1. The topological polar surface area (TPSA) is 73.5 Å². The van der Waals surface area contributed by atoms with Crippen LogP contribution in [0, 0.1) is 0 Å². The minimum absolute atomic E-state index is 0.697. The largest absolute Gasteiger partial charge is 0.366 e. The Morgan fingerprint density at radius 3 is 3.00 bits per heavy atom. The van der Waals surface area contributed by atoms with E-state index in [2.05, 4.69) is 66.7 Å². The van der Waals surface area contributed by atoms with Crippen LogP contribution >= 0.6 is 0 Å². The highest BCUT2D eigenvalue weighted by atomic mass is 15.4. The zero-order valence-electron chi connectivity index (χ0n) is 12.1. The molecule has 0 spiro atoms. The Balaban J connectivity index is 1.53. The van der Waals surface area contributed by atoms with Gasteiger partial charge in [0, 0.05) is 31.9 Å². The van der Waals surface area contributed by atoms with E-state index in [-0.39, 0.29) is 0 Å². The van der Waals surface area contributed by atoms with Crippen molar-refractivity contribution in [1.82, 2.24) is 29.5 Å². The number of para-hydroxylation sites is 1. The molecule has 0 aliphatic rings. The normalized spacial score (nSPS) is 11.3. The van der Waals surface area contributed by atoms with Crippen molar-refractivity contribution in [3.63, 3.8) is 0 Å². The van der Waals surface area contributed by atoms with Gasteiger partial charge in [0.1, 0.15) is 6.33 Å². The summed E-state index contributed by atoms with van der Waals surface area (Å²) in [5.41, 5.74) is 2.66. The first-order chi connectivity index (χ1) is 10.8. The van der Waals surface area contributed by atoms with Crippen molar-refractivity contribution in [1.29, 1.82) is 0 Å². The fourth-order valence-corrected chi connectivity index (χ4v) is 2.61. The molecular formula is C15H15N7. The summed E-state index contributed by atoms with van der Waals surface area (Å²) in [6.45, 7) is 1.60. The van der Waals surface area contributed by atoms with E-state index >= 15 is 0 Å². The summed E-state index contributed by atoms with van der Waals surface area (Å²) in [4.78, 5) is 8.44. The Bertz CT molecular complexity index is 937. The summed E-state index contributed by atoms with van der Waals surface area (Å²) in [5, 5.41) is 12.6. The molecule has 0 saturated carbocycles. The minimum atomic E-state index is 0.697. The van der Waals surface area contributed by atoms with Crippen LogP contribution in [0.5, 0.6) is 0 Å². The maximum atomic E-state index is 4.25. The van der Waals surface area contributed by atoms with Gasteiger partial charge in [-0.1, -0.05) is 23.4 Å². The Kier molecular flexibility index (Phi) is 2.96. The molecule has 0 saturated heterocycles. The molecule has 0 fully saturated rings. The molecule has 7 heteroatoms. The summed E-state index contributed by atoms with van der Waals surface area (Å²) >= 11 is 0. The van der Waals surface area contributed by atoms with E-state index in [1.54, 1.807) is 4.68 Å². The smallest absolute Gasteiger partial charge is 0.183 e. The molecule has 7 nitrogen and oxygen atoms in total. The molecule has 0 aliphatic heterocycles. The molecule has 1 N–H and O–H groups in total. The van der Waals surface area contributed by atoms with Gasteiger partial charge in [0.2, 0.25) is 0 Å². The quantitative estimate of drug-likeness (QED) is 0.621. The second-order valence-electron chi connectivity index (χ2n) is 5.10. The van der Waals surface area contributed by atoms with Crippen LogP contribution in [0.4, 0.5) is 5.82 Å². The van der Waals surface area contributed by atoms with Gasteiger partial charge in [0.05, 0.1) is 0 Å². The molecule has 3 aromatic heterocycles. The number of hydrogen-bond acceptors (Lipinski definition) is 5. The van der Waals surface area contributed by atoms with Crippen LogP contribution in [0.2, 0.25) is 0 Å². The Morgan fingerprint density at radius 1 is 1.14 bits per heavy atom. The zero-order valence-corrected chi connectivity index (χ0v) is 12.1. The third-order valence-electron chi connectivity index (χ3n) is 3.71. The lowest BCUT2D eigenvalue weighted by molar-refractivity contribution is 0.729. The maximum Gasteiger partial charge on any atom is 0.183 e. The molecule has 0 amide bonds. The second kappa shape index (κ2) is 5.10. The molecule has 1 aromatic carbocycles. The van der Waals surface area contributed by atoms with Gasteiger partial charge in [-0.2, -0.15) is 0 Å². The van der Waals surface area contributed by atoms with Crippen molar-refractivity contribution in [3.8, 4) is 0 Å². The second-order valence-corrected chi connectivity index (χ2v) is 5.10. The SMILES string of the molecule is Cn1nnc2c(NCCn3ccc4ccccc43)ncnc21. The molecule has 0 radical (unpaired) electrons. The first-order valence-corrected chi connectivity index (χ1v) is 7.11. The lowest BCUT2D eigenvalue weighted by Gasteiger charge is -2.08. The molecule has 0 unspecified atom stereocenters. The third-order valence-corrected chi connectivity index (χ3v) is 3.71. The van der Waals surface area contributed by atoms with Gasteiger partial charge in [-0.05, 0) is 17.5 Å². The van der Waals surface area contributed by atoms with Crippen LogP contribution < -0.4 is 5.32 Å². The van der Waals surface area contributed by atoms with Crippen molar-refractivity contribution in [3.05, 3.63) is 42.9 Å². The first kappa shape index (κ1) is 12.8. The van der Waals surface area contributed by atoms with E-state index in [1.165, 1.54) is 17.2 Å². The summed E-state index contributed by atoms with van der Waals surface area (Å²) in [6.07, 6.45) is 3.63. The van der Waals surface area contributed by atoms with Crippen LogP contribution in [-0.4, -0.2) is 36.1 Å². The van der Waals surface area contributed by atoms with Gasteiger partial charge in [0.15, 0.2) is 17.0 Å². The maximum absolute atomic E-state index is 4.25. The zero-order chi connectivity index (χ0) is 14.9. The molecule has 4 rings (SSSR count). The third kappa shape index (κ3) is 2.07. The van der Waals surface area contributed by atoms with Gasteiger partial charge < -0.3 is 9.88 Å². The molecule has 0 bridgehead atoms. The van der Waals surface area contributed by atoms with Crippen LogP contribution in [0.3, 0.4) is 0 Å². The van der Waals surface area contributed by atoms with Crippen LogP contribution in [0.25, 0.3) is 22.1 Å². The number of anilines is 1. The average molecular weight is 293 g/mol. The lowest BCUT2D eigenvalue weighted by atomic mass is 10.2. The Morgan fingerprint density at radius 2 is 2.05 bits per heavy atom. The Labute approximate surface area is 126 Å². The van der Waals surface area contributed by atoms with E-state index in [1.807, 2.05) is 7.05 Å². The molecular weight excluding hydrogens is 278 g/mol. The summed E-state index contributed by atoms with van der Waals surface area (Å²) in [7, 11) is 1.82. The van der Waals surface area contributed by atoms with E-state index in [0.717, 1.165) is 24.6 Å². The molecule has 3 heterocycles. The molecule has 22 heavy (non-hydrogen) atoms. The predicted molar refractivity (Wildman–Crippen MR) is 84.5 cm³/mol.